The zero-order valence-electron chi connectivity index (χ0n) is 16.7. The molecule has 2 N–H and O–H groups in total. The average Bonchev–Trinajstić information content (AvgIpc) is 3.13. The van der Waals surface area contributed by atoms with Crippen LogP contribution in [0.5, 0.6) is 0 Å². The smallest absolute Gasteiger partial charge is 0.191 e. The Morgan fingerprint density at radius 3 is 2.74 bits per heavy atom. The number of hydrogen-bond acceptors (Lipinski definition) is 4. The van der Waals surface area contributed by atoms with Crippen molar-refractivity contribution in [2.24, 2.45) is 4.99 Å². The van der Waals surface area contributed by atoms with Crippen molar-refractivity contribution in [2.45, 2.75) is 32.2 Å². The summed E-state index contributed by atoms with van der Waals surface area (Å²) in [4.78, 5) is 7.13. The molecule has 0 amide bonds. The maximum absolute atomic E-state index is 5.48. The van der Waals surface area contributed by atoms with Crippen molar-refractivity contribution in [3.8, 4) is 0 Å². The van der Waals surface area contributed by atoms with E-state index in [0.717, 1.165) is 58.0 Å². The molecule has 0 bridgehead atoms. The normalized spacial score (nSPS) is 16.9. The number of rotatable bonds is 11. The van der Waals surface area contributed by atoms with Crippen LogP contribution in [-0.4, -0.2) is 65.1 Å². The van der Waals surface area contributed by atoms with Gasteiger partial charge in [-0.25, -0.2) is 0 Å². The fourth-order valence-electron chi connectivity index (χ4n) is 3.02. The number of benzene rings is 1. The second-order valence-corrected chi connectivity index (χ2v) is 6.48. The highest BCUT2D eigenvalue weighted by molar-refractivity contribution is 14.0. The standard InChI is InChI=1S/C20H34N4O2.HI/c1-3-21-20(22-12-7-8-14-26-16-15-25-2)23-18-11-13-24(17-18)19-9-5-4-6-10-19;/h4-6,9-10,18H,3,7-8,11-17H2,1-2H3,(H2,21,22,23);1H. The third kappa shape index (κ3) is 9.62. The van der Waals surface area contributed by atoms with Gasteiger partial charge in [0.25, 0.3) is 0 Å². The van der Waals surface area contributed by atoms with E-state index in [9.17, 15) is 0 Å². The van der Waals surface area contributed by atoms with Gasteiger partial charge in [-0.3, -0.25) is 4.99 Å². The number of methoxy groups -OCH3 is 1. The lowest BCUT2D eigenvalue weighted by atomic mass is 10.2. The lowest BCUT2D eigenvalue weighted by Crippen LogP contribution is -2.44. The molecule has 0 saturated carbocycles. The number of anilines is 1. The van der Waals surface area contributed by atoms with Crippen molar-refractivity contribution in [3.05, 3.63) is 30.3 Å². The van der Waals surface area contributed by atoms with E-state index in [1.165, 1.54) is 5.69 Å². The Hall–Kier alpha value is -1.06. The molecule has 1 unspecified atom stereocenters. The molecule has 0 aliphatic carbocycles. The molecule has 27 heavy (non-hydrogen) atoms. The van der Waals surface area contributed by atoms with Crippen LogP contribution >= 0.6 is 24.0 Å². The monoisotopic (exact) mass is 490 g/mol. The number of aliphatic imine (C=N–C) groups is 1. The van der Waals surface area contributed by atoms with Crippen LogP contribution < -0.4 is 15.5 Å². The first kappa shape index (κ1) is 24.0. The first-order chi connectivity index (χ1) is 12.8. The Kier molecular flexibility index (Phi) is 13.3. The number of halogens is 1. The van der Waals surface area contributed by atoms with Crippen LogP contribution in [0.1, 0.15) is 26.2 Å². The van der Waals surface area contributed by atoms with Gasteiger partial charge in [0.1, 0.15) is 0 Å². The number of unbranched alkanes of at least 4 members (excludes halogenated alkanes) is 1. The molecule has 1 aromatic carbocycles. The van der Waals surface area contributed by atoms with Crippen LogP contribution in [0.4, 0.5) is 5.69 Å². The van der Waals surface area contributed by atoms with Gasteiger partial charge in [0, 0.05) is 51.6 Å². The van der Waals surface area contributed by atoms with Crippen LogP contribution in [-0.2, 0) is 9.47 Å². The van der Waals surface area contributed by atoms with E-state index in [-0.39, 0.29) is 24.0 Å². The van der Waals surface area contributed by atoms with Gasteiger partial charge in [0.15, 0.2) is 5.96 Å². The zero-order chi connectivity index (χ0) is 18.5. The van der Waals surface area contributed by atoms with Crippen molar-refractivity contribution in [1.29, 1.82) is 0 Å². The first-order valence-electron chi connectivity index (χ1n) is 9.75. The molecule has 2 rings (SSSR count). The first-order valence-corrected chi connectivity index (χ1v) is 9.75. The third-order valence-corrected chi connectivity index (χ3v) is 4.39. The van der Waals surface area contributed by atoms with Gasteiger partial charge in [-0.1, -0.05) is 18.2 Å². The van der Waals surface area contributed by atoms with Crippen LogP contribution in [0.2, 0.25) is 0 Å². The number of nitrogens with zero attached hydrogens (tertiary/aromatic N) is 2. The average molecular weight is 490 g/mol. The SMILES string of the molecule is CCNC(=NCCCCOCCOC)NC1CCN(c2ccccc2)C1.I. The largest absolute Gasteiger partial charge is 0.382 e. The highest BCUT2D eigenvalue weighted by Crippen LogP contribution is 2.19. The Morgan fingerprint density at radius 2 is 2.00 bits per heavy atom. The molecule has 1 atom stereocenters. The van der Waals surface area contributed by atoms with E-state index in [1.54, 1.807) is 7.11 Å². The van der Waals surface area contributed by atoms with Crippen molar-refractivity contribution in [2.75, 3.05) is 58.0 Å². The van der Waals surface area contributed by atoms with Gasteiger partial charge >= 0.3 is 0 Å². The Labute approximate surface area is 181 Å². The van der Waals surface area contributed by atoms with Gasteiger partial charge in [0.05, 0.1) is 13.2 Å². The van der Waals surface area contributed by atoms with Crippen LogP contribution in [0.3, 0.4) is 0 Å². The molecule has 7 heteroatoms. The minimum atomic E-state index is 0. The van der Waals surface area contributed by atoms with Crippen LogP contribution in [0.25, 0.3) is 0 Å². The van der Waals surface area contributed by atoms with Crippen LogP contribution in [0, 0.1) is 0 Å². The molecule has 154 valence electrons. The summed E-state index contributed by atoms with van der Waals surface area (Å²) in [6, 6.07) is 11.0. The molecule has 1 aromatic rings. The summed E-state index contributed by atoms with van der Waals surface area (Å²) in [5.74, 6) is 0.924. The molecule has 1 saturated heterocycles. The van der Waals surface area contributed by atoms with Crippen molar-refractivity contribution in [3.63, 3.8) is 0 Å². The summed E-state index contributed by atoms with van der Waals surface area (Å²) < 4.78 is 10.4. The minimum absolute atomic E-state index is 0. The number of para-hydroxylation sites is 1. The predicted molar refractivity (Wildman–Crippen MR) is 124 cm³/mol. The van der Waals surface area contributed by atoms with Gasteiger partial charge in [0.2, 0.25) is 0 Å². The zero-order valence-corrected chi connectivity index (χ0v) is 19.0. The van der Waals surface area contributed by atoms with Crippen LogP contribution in [0.15, 0.2) is 35.3 Å². The fraction of sp³-hybridized carbons (Fsp3) is 0.650. The molecule has 1 aliphatic heterocycles. The second-order valence-electron chi connectivity index (χ2n) is 6.48. The van der Waals surface area contributed by atoms with Gasteiger partial charge in [-0.15, -0.1) is 24.0 Å². The van der Waals surface area contributed by atoms with Crippen molar-refractivity contribution >= 4 is 35.6 Å². The lowest BCUT2D eigenvalue weighted by molar-refractivity contribution is 0.0690. The molecular formula is C20H35IN4O2. The summed E-state index contributed by atoms with van der Waals surface area (Å²) in [5.41, 5.74) is 1.30. The summed E-state index contributed by atoms with van der Waals surface area (Å²) in [5, 5.41) is 6.94. The van der Waals surface area contributed by atoms with E-state index in [1.807, 2.05) is 0 Å². The molecular weight excluding hydrogens is 455 g/mol. The van der Waals surface area contributed by atoms with E-state index in [4.69, 9.17) is 14.5 Å². The number of hydrogen-bond donors (Lipinski definition) is 2. The molecule has 0 aromatic heterocycles. The van der Waals surface area contributed by atoms with Crippen molar-refractivity contribution < 1.29 is 9.47 Å². The van der Waals surface area contributed by atoms with Gasteiger partial charge in [-0.05, 0) is 38.3 Å². The van der Waals surface area contributed by atoms with Gasteiger partial charge in [-0.2, -0.15) is 0 Å². The Morgan fingerprint density at radius 1 is 1.19 bits per heavy atom. The summed E-state index contributed by atoms with van der Waals surface area (Å²) in [6.45, 7) is 8.00. The summed E-state index contributed by atoms with van der Waals surface area (Å²) >= 11 is 0. The molecule has 1 fully saturated rings. The fourth-order valence-corrected chi connectivity index (χ4v) is 3.02. The maximum atomic E-state index is 5.48. The van der Waals surface area contributed by atoms with E-state index in [0.29, 0.717) is 19.3 Å². The molecule has 0 spiro atoms. The van der Waals surface area contributed by atoms with Gasteiger partial charge < -0.3 is 25.0 Å². The minimum Gasteiger partial charge on any atom is -0.382 e. The molecule has 0 radical (unpaired) electrons. The second kappa shape index (κ2) is 14.9. The quantitative estimate of drug-likeness (QED) is 0.216. The highest BCUT2D eigenvalue weighted by atomic mass is 127. The van der Waals surface area contributed by atoms with E-state index >= 15 is 0 Å². The third-order valence-electron chi connectivity index (χ3n) is 4.39. The Bertz CT molecular complexity index is 516. The summed E-state index contributed by atoms with van der Waals surface area (Å²) in [7, 11) is 1.69. The molecule has 1 heterocycles. The number of nitrogens with one attached hydrogen (secondary N) is 2. The number of guanidine groups is 1. The maximum Gasteiger partial charge on any atom is 0.191 e. The molecule has 1 aliphatic rings. The Balaban J connectivity index is 0.00000364. The van der Waals surface area contributed by atoms with E-state index < -0.39 is 0 Å². The summed E-state index contributed by atoms with van der Waals surface area (Å²) in [6.07, 6.45) is 3.19. The molecule has 6 nitrogen and oxygen atoms in total. The number of ether oxygens (including phenoxy) is 2. The predicted octanol–water partition coefficient (Wildman–Crippen LogP) is 2.88. The highest BCUT2D eigenvalue weighted by Gasteiger charge is 2.23. The lowest BCUT2D eigenvalue weighted by Gasteiger charge is -2.20. The topological polar surface area (TPSA) is 58.1 Å². The van der Waals surface area contributed by atoms with E-state index in [2.05, 4.69) is 52.8 Å². The van der Waals surface area contributed by atoms with Crippen molar-refractivity contribution in [1.82, 2.24) is 10.6 Å².